The topological polar surface area (TPSA) is 26.3 Å². The van der Waals surface area contributed by atoms with Crippen LogP contribution in [-0.4, -0.2) is 13.4 Å². The van der Waals surface area contributed by atoms with E-state index in [4.69, 9.17) is 4.74 Å². The predicted octanol–water partition coefficient (Wildman–Crippen LogP) is 4.27. The number of carbonyl (C=O) groups is 1. The Hall–Kier alpha value is -0.830. The molecule has 2 nitrogen and oxygen atoms in total. The van der Waals surface area contributed by atoms with Gasteiger partial charge >= 0.3 is 0 Å². The third-order valence-corrected chi connectivity index (χ3v) is 3.54. The van der Waals surface area contributed by atoms with Crippen LogP contribution in [0, 0.1) is 0 Å². The maximum absolute atomic E-state index is 10.6. The SMILES string of the molecule is COc1c(Br)cc(C(C)C)cc1C(C)CC=O. The van der Waals surface area contributed by atoms with Crippen molar-refractivity contribution in [1.29, 1.82) is 0 Å². The molecule has 1 aromatic rings. The largest absolute Gasteiger partial charge is 0.495 e. The molecule has 17 heavy (non-hydrogen) atoms. The molecule has 0 saturated carbocycles. The standard InChI is InChI=1S/C14H19BrO2/c1-9(2)11-7-12(10(3)5-6-16)14(17-4)13(15)8-11/h6-10H,5H2,1-4H3. The molecule has 0 N–H and O–H groups in total. The lowest BCUT2D eigenvalue weighted by atomic mass is 9.92. The van der Waals surface area contributed by atoms with Gasteiger partial charge in [-0.05, 0) is 45.0 Å². The molecule has 1 aromatic carbocycles. The van der Waals surface area contributed by atoms with E-state index in [0.717, 1.165) is 22.1 Å². The molecule has 94 valence electrons. The summed E-state index contributed by atoms with van der Waals surface area (Å²) in [5, 5.41) is 0. The predicted molar refractivity (Wildman–Crippen MR) is 73.9 cm³/mol. The van der Waals surface area contributed by atoms with Crippen LogP contribution < -0.4 is 4.74 Å². The van der Waals surface area contributed by atoms with E-state index in [0.29, 0.717) is 12.3 Å². The van der Waals surface area contributed by atoms with Crippen molar-refractivity contribution >= 4 is 22.2 Å². The van der Waals surface area contributed by atoms with E-state index in [-0.39, 0.29) is 5.92 Å². The average Bonchev–Trinajstić information content (AvgIpc) is 2.28. The van der Waals surface area contributed by atoms with Crippen LogP contribution >= 0.6 is 15.9 Å². The molecular formula is C14H19BrO2. The first-order chi connectivity index (χ1) is 8.01. The number of benzene rings is 1. The highest BCUT2D eigenvalue weighted by Crippen LogP contribution is 2.37. The van der Waals surface area contributed by atoms with Crippen LogP contribution in [0.25, 0.3) is 0 Å². The molecule has 0 aliphatic rings. The molecule has 0 aliphatic heterocycles. The first-order valence-electron chi connectivity index (χ1n) is 5.82. The Labute approximate surface area is 111 Å². The van der Waals surface area contributed by atoms with Gasteiger partial charge in [0, 0.05) is 6.42 Å². The maximum atomic E-state index is 10.6. The summed E-state index contributed by atoms with van der Waals surface area (Å²) in [6.45, 7) is 6.35. The molecule has 0 aromatic heterocycles. The minimum Gasteiger partial charge on any atom is -0.495 e. The first-order valence-corrected chi connectivity index (χ1v) is 6.61. The van der Waals surface area contributed by atoms with Gasteiger partial charge in [-0.1, -0.05) is 26.8 Å². The van der Waals surface area contributed by atoms with E-state index >= 15 is 0 Å². The third-order valence-electron chi connectivity index (χ3n) is 2.95. The van der Waals surface area contributed by atoms with Crippen molar-refractivity contribution in [3.8, 4) is 5.75 Å². The summed E-state index contributed by atoms with van der Waals surface area (Å²) in [5.74, 6) is 1.47. The Balaban J connectivity index is 3.27. The van der Waals surface area contributed by atoms with Gasteiger partial charge in [-0.15, -0.1) is 0 Å². The molecule has 1 rings (SSSR count). The summed E-state index contributed by atoms with van der Waals surface area (Å²) >= 11 is 3.53. The van der Waals surface area contributed by atoms with Crippen molar-refractivity contribution in [3.63, 3.8) is 0 Å². The molecular weight excluding hydrogens is 280 g/mol. The fourth-order valence-electron chi connectivity index (χ4n) is 1.82. The van der Waals surface area contributed by atoms with Crippen LogP contribution in [0.1, 0.15) is 50.2 Å². The second kappa shape index (κ2) is 6.20. The van der Waals surface area contributed by atoms with Gasteiger partial charge in [0.05, 0.1) is 11.6 Å². The highest BCUT2D eigenvalue weighted by atomic mass is 79.9. The number of aldehydes is 1. The zero-order chi connectivity index (χ0) is 13.0. The number of carbonyl (C=O) groups excluding carboxylic acids is 1. The Bertz CT molecular complexity index is 399. The van der Waals surface area contributed by atoms with E-state index < -0.39 is 0 Å². The molecule has 1 atom stereocenters. The van der Waals surface area contributed by atoms with E-state index in [9.17, 15) is 4.79 Å². The molecule has 0 spiro atoms. The van der Waals surface area contributed by atoms with Gasteiger partial charge in [-0.25, -0.2) is 0 Å². The average molecular weight is 299 g/mol. The maximum Gasteiger partial charge on any atom is 0.136 e. The summed E-state index contributed by atoms with van der Waals surface area (Å²) in [5.41, 5.74) is 2.35. The molecule has 1 unspecified atom stereocenters. The summed E-state index contributed by atoms with van der Waals surface area (Å²) in [4.78, 5) is 10.6. The summed E-state index contributed by atoms with van der Waals surface area (Å²) in [6.07, 6.45) is 1.48. The quantitative estimate of drug-likeness (QED) is 0.759. The second-order valence-electron chi connectivity index (χ2n) is 4.58. The first kappa shape index (κ1) is 14.2. The number of halogens is 1. The lowest BCUT2D eigenvalue weighted by molar-refractivity contribution is -0.108. The summed E-state index contributed by atoms with van der Waals surface area (Å²) in [7, 11) is 1.66. The lowest BCUT2D eigenvalue weighted by Crippen LogP contribution is -2.02. The van der Waals surface area contributed by atoms with Crippen LogP contribution in [-0.2, 0) is 4.79 Å². The number of rotatable bonds is 5. The lowest BCUT2D eigenvalue weighted by Gasteiger charge is -2.18. The molecule has 3 heteroatoms. The van der Waals surface area contributed by atoms with Crippen LogP contribution in [0.4, 0.5) is 0 Å². The molecule has 0 heterocycles. The number of methoxy groups -OCH3 is 1. The molecule has 0 aliphatic carbocycles. The fraction of sp³-hybridized carbons (Fsp3) is 0.500. The van der Waals surface area contributed by atoms with Crippen molar-refractivity contribution in [2.75, 3.05) is 7.11 Å². The minimum atomic E-state index is 0.178. The van der Waals surface area contributed by atoms with Crippen molar-refractivity contribution in [2.45, 2.75) is 39.0 Å². The van der Waals surface area contributed by atoms with Crippen molar-refractivity contribution in [2.24, 2.45) is 0 Å². The third kappa shape index (κ3) is 3.32. The van der Waals surface area contributed by atoms with E-state index in [1.807, 2.05) is 6.92 Å². The van der Waals surface area contributed by atoms with Crippen molar-refractivity contribution in [3.05, 3.63) is 27.7 Å². The van der Waals surface area contributed by atoms with Gasteiger partial charge in [0.2, 0.25) is 0 Å². The van der Waals surface area contributed by atoms with E-state index in [2.05, 4.69) is 41.9 Å². The molecule has 0 saturated heterocycles. The van der Waals surface area contributed by atoms with E-state index in [1.54, 1.807) is 7.11 Å². The van der Waals surface area contributed by atoms with Crippen molar-refractivity contribution in [1.82, 2.24) is 0 Å². The van der Waals surface area contributed by atoms with Crippen molar-refractivity contribution < 1.29 is 9.53 Å². The summed E-state index contributed by atoms with van der Waals surface area (Å²) in [6, 6.07) is 4.23. The molecule has 0 fully saturated rings. The van der Waals surface area contributed by atoms with Gasteiger partial charge in [0.15, 0.2) is 0 Å². The zero-order valence-electron chi connectivity index (χ0n) is 10.8. The van der Waals surface area contributed by atoms with Gasteiger partial charge in [-0.3, -0.25) is 0 Å². The highest BCUT2D eigenvalue weighted by molar-refractivity contribution is 9.10. The number of ether oxygens (including phenoxy) is 1. The monoisotopic (exact) mass is 298 g/mol. The van der Waals surface area contributed by atoms with Gasteiger partial charge in [-0.2, -0.15) is 0 Å². The van der Waals surface area contributed by atoms with Crippen LogP contribution in [0.5, 0.6) is 5.75 Å². The Kier molecular flexibility index (Phi) is 5.19. The normalized spacial score (nSPS) is 12.6. The number of hydrogen-bond acceptors (Lipinski definition) is 2. The Morgan fingerprint density at radius 1 is 1.35 bits per heavy atom. The molecule has 0 bridgehead atoms. The smallest absolute Gasteiger partial charge is 0.136 e. The highest BCUT2D eigenvalue weighted by Gasteiger charge is 2.16. The van der Waals surface area contributed by atoms with Gasteiger partial charge in [0.25, 0.3) is 0 Å². The van der Waals surface area contributed by atoms with E-state index in [1.165, 1.54) is 5.56 Å². The summed E-state index contributed by atoms with van der Waals surface area (Å²) < 4.78 is 6.37. The van der Waals surface area contributed by atoms with Gasteiger partial charge in [0.1, 0.15) is 12.0 Å². The minimum absolute atomic E-state index is 0.178. The Morgan fingerprint density at radius 3 is 2.47 bits per heavy atom. The van der Waals surface area contributed by atoms with Crippen LogP contribution in [0.3, 0.4) is 0 Å². The molecule has 0 radical (unpaired) electrons. The molecule has 0 amide bonds. The zero-order valence-corrected chi connectivity index (χ0v) is 12.4. The van der Waals surface area contributed by atoms with Crippen LogP contribution in [0.2, 0.25) is 0 Å². The fourth-order valence-corrected chi connectivity index (χ4v) is 2.48. The van der Waals surface area contributed by atoms with Crippen LogP contribution in [0.15, 0.2) is 16.6 Å². The van der Waals surface area contributed by atoms with Gasteiger partial charge < -0.3 is 9.53 Å². The number of hydrogen-bond donors (Lipinski definition) is 0. The Morgan fingerprint density at radius 2 is 2.00 bits per heavy atom. The second-order valence-corrected chi connectivity index (χ2v) is 5.44.